The smallest absolute Gasteiger partial charge is 0.270 e. The molecule has 7 rings (SSSR count). The van der Waals surface area contributed by atoms with Crippen LogP contribution in [0.3, 0.4) is 0 Å². The molecule has 2 saturated carbocycles. The van der Waals surface area contributed by atoms with E-state index in [-0.39, 0.29) is 23.8 Å². The van der Waals surface area contributed by atoms with Crippen LogP contribution in [0.4, 0.5) is 0 Å². The van der Waals surface area contributed by atoms with Crippen molar-refractivity contribution < 1.29 is 9.59 Å². The zero-order valence-corrected chi connectivity index (χ0v) is 21.1. The minimum absolute atomic E-state index is 0.00243. The summed E-state index contributed by atoms with van der Waals surface area (Å²) in [5.41, 5.74) is 3.07. The van der Waals surface area contributed by atoms with Crippen LogP contribution in [0.25, 0.3) is 5.65 Å². The standard InChI is InChI=1S/C27H35N7O2/c1-3-33-23(10-11-28-33)27(36)31-25(17-6-4-16(2)5-7-17)22-15-34-24(30-22)9-8-19(32-34)14-21-18-12-20(13-18)29-26(21)35/h8-11,15-18,20-21,25H,3-7,12-14H2,1-2H3,(H,29,35)(H,31,36)/t16-,17-,18?,20?,21?,25-/m0/s1. The van der Waals surface area contributed by atoms with Gasteiger partial charge in [0, 0.05) is 31.1 Å². The van der Waals surface area contributed by atoms with Gasteiger partial charge in [-0.1, -0.05) is 19.8 Å². The number of fused-ring (bicyclic) bond motifs is 3. The summed E-state index contributed by atoms with van der Waals surface area (Å²) in [5, 5.41) is 15.5. The molecule has 2 saturated heterocycles. The molecule has 1 unspecified atom stereocenters. The number of carbonyl (C=O) groups excluding carboxylic acids is 2. The molecule has 36 heavy (non-hydrogen) atoms. The van der Waals surface area contributed by atoms with E-state index in [9.17, 15) is 9.59 Å². The molecule has 9 heteroatoms. The number of aryl methyl sites for hydroxylation is 1. The molecule has 2 N–H and O–H groups in total. The molecule has 0 aromatic carbocycles. The van der Waals surface area contributed by atoms with Crippen molar-refractivity contribution in [3.8, 4) is 0 Å². The number of imidazole rings is 1. The molecule has 4 fully saturated rings. The molecule has 2 aliphatic heterocycles. The fourth-order valence-corrected chi connectivity index (χ4v) is 6.36. The number of hydrogen-bond acceptors (Lipinski definition) is 5. The largest absolute Gasteiger partial charge is 0.353 e. The molecule has 2 atom stereocenters. The van der Waals surface area contributed by atoms with Gasteiger partial charge in [0.2, 0.25) is 5.91 Å². The van der Waals surface area contributed by atoms with Crippen LogP contribution in [-0.4, -0.2) is 42.2 Å². The maximum atomic E-state index is 13.3. The zero-order valence-electron chi connectivity index (χ0n) is 21.1. The first-order chi connectivity index (χ1) is 17.5. The minimum atomic E-state index is -0.189. The van der Waals surface area contributed by atoms with Crippen LogP contribution < -0.4 is 10.6 Å². The van der Waals surface area contributed by atoms with Crippen molar-refractivity contribution in [2.45, 2.75) is 77.4 Å². The quantitative estimate of drug-likeness (QED) is 0.530. The molecule has 0 spiro atoms. The van der Waals surface area contributed by atoms with Crippen molar-refractivity contribution in [2.75, 3.05) is 0 Å². The van der Waals surface area contributed by atoms with Crippen LogP contribution in [0.1, 0.15) is 80.3 Å². The normalized spacial score (nSPS) is 28.4. The highest BCUT2D eigenvalue weighted by Crippen LogP contribution is 2.40. The lowest BCUT2D eigenvalue weighted by atomic mass is 9.67. The molecule has 9 nitrogen and oxygen atoms in total. The predicted octanol–water partition coefficient (Wildman–Crippen LogP) is 3.31. The third-order valence-electron chi connectivity index (χ3n) is 8.64. The fraction of sp³-hybridized carbons (Fsp3) is 0.593. The van der Waals surface area contributed by atoms with Crippen molar-refractivity contribution in [2.24, 2.45) is 23.7 Å². The summed E-state index contributed by atoms with van der Waals surface area (Å²) in [6.45, 7) is 4.93. The lowest BCUT2D eigenvalue weighted by Crippen LogP contribution is -2.57. The van der Waals surface area contributed by atoms with Crippen molar-refractivity contribution in [1.29, 1.82) is 0 Å². The highest BCUT2D eigenvalue weighted by atomic mass is 16.2. The summed E-state index contributed by atoms with van der Waals surface area (Å²) >= 11 is 0. The van der Waals surface area contributed by atoms with Crippen molar-refractivity contribution >= 4 is 17.5 Å². The van der Waals surface area contributed by atoms with E-state index in [2.05, 4.69) is 22.7 Å². The van der Waals surface area contributed by atoms with Crippen LogP contribution in [0.15, 0.2) is 30.6 Å². The van der Waals surface area contributed by atoms with Gasteiger partial charge in [0.05, 0.1) is 23.6 Å². The summed E-state index contributed by atoms with van der Waals surface area (Å²) in [4.78, 5) is 30.6. The molecule has 190 valence electrons. The Morgan fingerprint density at radius 3 is 2.75 bits per heavy atom. The molecule has 3 aromatic heterocycles. The van der Waals surface area contributed by atoms with Gasteiger partial charge >= 0.3 is 0 Å². The van der Waals surface area contributed by atoms with Crippen molar-refractivity contribution in [3.63, 3.8) is 0 Å². The highest BCUT2D eigenvalue weighted by Gasteiger charge is 2.45. The number of aromatic nitrogens is 5. The van der Waals surface area contributed by atoms with Crippen LogP contribution >= 0.6 is 0 Å². The average molecular weight is 490 g/mol. The Morgan fingerprint density at radius 2 is 2.00 bits per heavy atom. The van der Waals surface area contributed by atoms with Crippen LogP contribution in [0.2, 0.25) is 0 Å². The Balaban J connectivity index is 1.26. The number of rotatable bonds is 7. The fourth-order valence-electron chi connectivity index (χ4n) is 6.36. The van der Waals surface area contributed by atoms with E-state index in [4.69, 9.17) is 10.1 Å². The lowest BCUT2D eigenvalue weighted by molar-refractivity contribution is -0.135. The molecule has 2 amide bonds. The summed E-state index contributed by atoms with van der Waals surface area (Å²) in [6, 6.07) is 5.93. The van der Waals surface area contributed by atoms with Gasteiger partial charge in [-0.3, -0.25) is 14.3 Å². The monoisotopic (exact) mass is 489 g/mol. The average Bonchev–Trinajstić information content (AvgIpc) is 3.50. The summed E-state index contributed by atoms with van der Waals surface area (Å²) < 4.78 is 3.54. The molecular formula is C27H35N7O2. The number of piperidine rings is 2. The Morgan fingerprint density at radius 1 is 1.19 bits per heavy atom. The molecule has 2 bridgehead atoms. The van der Waals surface area contributed by atoms with Gasteiger partial charge in [-0.15, -0.1) is 0 Å². The molecule has 4 aliphatic rings. The van der Waals surface area contributed by atoms with Gasteiger partial charge in [0.1, 0.15) is 5.69 Å². The van der Waals surface area contributed by atoms with Gasteiger partial charge in [-0.05, 0) is 68.6 Å². The molecule has 2 aliphatic carbocycles. The zero-order chi connectivity index (χ0) is 24.8. The first-order valence-corrected chi connectivity index (χ1v) is 13.5. The lowest BCUT2D eigenvalue weighted by Gasteiger charge is -2.46. The van der Waals surface area contributed by atoms with Crippen LogP contribution in [0.5, 0.6) is 0 Å². The predicted molar refractivity (Wildman–Crippen MR) is 134 cm³/mol. The van der Waals surface area contributed by atoms with E-state index < -0.39 is 0 Å². The highest BCUT2D eigenvalue weighted by molar-refractivity contribution is 5.92. The van der Waals surface area contributed by atoms with Crippen LogP contribution in [0, 0.1) is 23.7 Å². The number of carbonyl (C=O) groups is 2. The third-order valence-corrected chi connectivity index (χ3v) is 8.64. The van der Waals surface area contributed by atoms with Crippen molar-refractivity contribution in [1.82, 2.24) is 35.0 Å². The summed E-state index contributed by atoms with van der Waals surface area (Å²) in [7, 11) is 0. The topological polar surface area (TPSA) is 106 Å². The first kappa shape index (κ1) is 23.2. The van der Waals surface area contributed by atoms with Crippen molar-refractivity contribution in [3.05, 3.63) is 47.7 Å². The Bertz CT molecular complexity index is 1270. The summed E-state index contributed by atoms with van der Waals surface area (Å²) in [5.74, 6) is 1.56. The van der Waals surface area contributed by atoms with Crippen LogP contribution in [-0.2, 0) is 17.8 Å². The van der Waals surface area contributed by atoms with E-state index in [1.54, 1.807) is 16.9 Å². The SMILES string of the molecule is CCn1nccc1C(=O)N[C@H](c1cn2nc(CC3C(=O)NC4CC3C4)ccc2n1)[C@H]1CC[C@H](C)CC1. The van der Waals surface area contributed by atoms with E-state index in [1.165, 1.54) is 0 Å². The van der Waals surface area contributed by atoms with E-state index in [1.807, 2.05) is 29.8 Å². The Labute approximate surface area is 211 Å². The van der Waals surface area contributed by atoms with Gasteiger partial charge in [-0.2, -0.15) is 10.2 Å². The number of hydrogen-bond donors (Lipinski definition) is 2. The van der Waals surface area contributed by atoms with E-state index >= 15 is 0 Å². The molecule has 3 aromatic rings. The second-order valence-electron chi connectivity index (χ2n) is 11.0. The molecular weight excluding hydrogens is 454 g/mol. The Hall–Kier alpha value is -3.23. The van der Waals surface area contributed by atoms with Gasteiger partial charge in [0.25, 0.3) is 5.91 Å². The third kappa shape index (κ3) is 4.29. The second kappa shape index (κ2) is 9.33. The first-order valence-electron chi connectivity index (χ1n) is 13.5. The second-order valence-corrected chi connectivity index (χ2v) is 11.0. The molecule has 0 radical (unpaired) electrons. The van der Waals surface area contributed by atoms with Gasteiger partial charge < -0.3 is 10.6 Å². The number of nitrogens with zero attached hydrogens (tertiary/aromatic N) is 5. The number of nitrogens with one attached hydrogen (secondary N) is 2. The van der Waals surface area contributed by atoms with Gasteiger partial charge in [0.15, 0.2) is 5.65 Å². The number of amides is 2. The van der Waals surface area contributed by atoms with Gasteiger partial charge in [-0.25, -0.2) is 9.50 Å². The maximum Gasteiger partial charge on any atom is 0.270 e. The van der Waals surface area contributed by atoms with E-state index in [0.29, 0.717) is 42.5 Å². The summed E-state index contributed by atoms with van der Waals surface area (Å²) in [6.07, 6.45) is 10.9. The van der Waals surface area contributed by atoms with E-state index in [0.717, 1.165) is 55.6 Å². The molecule has 5 heterocycles. The minimum Gasteiger partial charge on any atom is -0.353 e. The maximum absolute atomic E-state index is 13.3. The Kier molecular flexibility index (Phi) is 6.01.